The molecule has 0 aliphatic heterocycles. The molecule has 4 rings (SSSR count). The van der Waals surface area contributed by atoms with Gasteiger partial charge in [0, 0.05) is 11.0 Å². The Morgan fingerprint density at radius 2 is 1.46 bits per heavy atom. The van der Waals surface area contributed by atoms with E-state index in [4.69, 9.17) is 16.2 Å². The van der Waals surface area contributed by atoms with Gasteiger partial charge in [0.25, 0.3) is 0 Å². The zero-order chi connectivity index (χ0) is 29.7. The molecule has 6 heteroatoms. The molecule has 4 N–H and O–H groups in total. The van der Waals surface area contributed by atoms with Gasteiger partial charge in [0.2, 0.25) is 0 Å². The van der Waals surface area contributed by atoms with Crippen molar-refractivity contribution in [3.63, 3.8) is 0 Å². The largest absolute Gasteiger partial charge is 0.380 e. The van der Waals surface area contributed by atoms with Gasteiger partial charge in [-0.1, -0.05) is 86.7 Å². The second-order valence-electron chi connectivity index (χ2n) is 12.9. The number of hydrogen-bond donors (Lipinski definition) is 2. The van der Waals surface area contributed by atoms with Crippen molar-refractivity contribution in [3.05, 3.63) is 101 Å². The van der Waals surface area contributed by atoms with E-state index in [1.807, 2.05) is 74.5 Å². The highest BCUT2D eigenvalue weighted by Crippen LogP contribution is 2.43. The van der Waals surface area contributed by atoms with E-state index in [-0.39, 0.29) is 12.4 Å². The van der Waals surface area contributed by atoms with Gasteiger partial charge in [0.15, 0.2) is 9.84 Å². The molecule has 220 valence electrons. The van der Waals surface area contributed by atoms with Crippen LogP contribution in [-0.4, -0.2) is 32.9 Å². The maximum atomic E-state index is 13.4. The van der Waals surface area contributed by atoms with Crippen LogP contribution >= 0.6 is 0 Å². The van der Waals surface area contributed by atoms with Gasteiger partial charge in [-0.2, -0.15) is 0 Å². The molecule has 3 aromatic rings. The number of fused-ring (bicyclic) bond motifs is 1. The number of hydrogen-bond acceptors (Lipinski definition) is 5. The highest BCUT2D eigenvalue weighted by Gasteiger charge is 2.45. The highest BCUT2D eigenvalue weighted by atomic mass is 32.2. The summed E-state index contributed by atoms with van der Waals surface area (Å²) in [5.41, 5.74) is 17.4. The second kappa shape index (κ2) is 12.6. The molecule has 3 aromatic carbocycles. The van der Waals surface area contributed by atoms with Crippen molar-refractivity contribution in [2.45, 2.75) is 75.8 Å². The average molecular weight is 575 g/mol. The van der Waals surface area contributed by atoms with Gasteiger partial charge in [0.1, 0.15) is 0 Å². The lowest BCUT2D eigenvalue weighted by Gasteiger charge is -2.47. The molecule has 1 aliphatic rings. The van der Waals surface area contributed by atoms with Crippen molar-refractivity contribution in [1.29, 1.82) is 0 Å². The zero-order valence-corrected chi connectivity index (χ0v) is 25.8. The Morgan fingerprint density at radius 1 is 0.829 bits per heavy atom. The number of aryl methyl sites for hydroxylation is 1. The van der Waals surface area contributed by atoms with Gasteiger partial charge in [-0.05, 0) is 85.9 Å². The summed E-state index contributed by atoms with van der Waals surface area (Å²) in [4.78, 5) is 0.339. The lowest BCUT2D eigenvalue weighted by atomic mass is 9.64. The fourth-order valence-corrected chi connectivity index (χ4v) is 6.98. The highest BCUT2D eigenvalue weighted by molar-refractivity contribution is 7.91. The standard InChI is InChI=1S/C35H46N2O3S/c1-33(2,35(37,25-34(3,4)36)31-17-9-6-10-18-31)26-40-21-22-41(38,39)32-20-19-28-15-11-12-16-29(23-30(28)24-32)27-13-7-5-8-14-27/h5-10,13-14,17-20,23-24H,11-12,15-16,21-22,25-26,36-37H2,1-4H3/b29-23+. The number of ether oxygens (including phenoxy) is 1. The Hall–Kier alpha value is -2.77. The van der Waals surface area contributed by atoms with Crippen LogP contribution in [-0.2, 0) is 26.5 Å². The first kappa shape index (κ1) is 31.2. The molecular weight excluding hydrogens is 528 g/mol. The molecule has 1 unspecified atom stereocenters. The third kappa shape index (κ3) is 7.75. The Kier molecular flexibility index (Phi) is 9.59. The van der Waals surface area contributed by atoms with Gasteiger partial charge in [-0.3, -0.25) is 0 Å². The third-order valence-corrected chi connectivity index (χ3v) is 9.96. The molecular formula is C35H46N2O3S. The van der Waals surface area contributed by atoms with Crippen LogP contribution in [0.5, 0.6) is 0 Å². The monoisotopic (exact) mass is 574 g/mol. The minimum Gasteiger partial charge on any atom is -0.380 e. The SMILES string of the molecule is CC(C)(N)CC(N)(c1ccccc1)C(C)(C)COCCS(=O)(=O)c1ccc2c(c1)/C=C(/c1ccccc1)CCCC2. The molecule has 0 radical (unpaired) electrons. The Morgan fingerprint density at radius 3 is 2.12 bits per heavy atom. The molecule has 0 saturated carbocycles. The first-order valence-corrected chi connectivity index (χ1v) is 16.3. The number of rotatable bonds is 11. The molecule has 0 saturated heterocycles. The van der Waals surface area contributed by atoms with Crippen molar-refractivity contribution in [1.82, 2.24) is 0 Å². The summed E-state index contributed by atoms with van der Waals surface area (Å²) in [6, 6.07) is 25.9. The van der Waals surface area contributed by atoms with Crippen LogP contribution in [0.25, 0.3) is 11.6 Å². The van der Waals surface area contributed by atoms with E-state index in [1.54, 1.807) is 6.07 Å². The Bertz CT molecular complexity index is 1440. The molecule has 1 atom stereocenters. The average Bonchev–Trinajstić information content (AvgIpc) is 2.91. The summed E-state index contributed by atoms with van der Waals surface area (Å²) in [5.74, 6) is -0.0948. The topological polar surface area (TPSA) is 95.4 Å². The summed E-state index contributed by atoms with van der Waals surface area (Å²) >= 11 is 0. The van der Waals surface area contributed by atoms with Gasteiger partial charge in [-0.25, -0.2) is 8.42 Å². The van der Waals surface area contributed by atoms with Crippen LogP contribution in [0.15, 0.2) is 83.8 Å². The minimum absolute atomic E-state index is 0.0881. The van der Waals surface area contributed by atoms with E-state index < -0.39 is 26.3 Å². The molecule has 0 fully saturated rings. The summed E-state index contributed by atoms with van der Waals surface area (Å²) in [7, 11) is -3.54. The van der Waals surface area contributed by atoms with Crippen molar-refractivity contribution in [3.8, 4) is 0 Å². The van der Waals surface area contributed by atoms with E-state index in [1.165, 1.54) is 16.7 Å². The number of allylic oxidation sites excluding steroid dienone is 1. The smallest absolute Gasteiger partial charge is 0.180 e. The molecule has 0 spiro atoms. The van der Waals surface area contributed by atoms with Crippen molar-refractivity contribution < 1.29 is 13.2 Å². The first-order valence-electron chi connectivity index (χ1n) is 14.6. The van der Waals surface area contributed by atoms with Crippen LogP contribution in [0.3, 0.4) is 0 Å². The van der Waals surface area contributed by atoms with Crippen molar-refractivity contribution in [2.75, 3.05) is 19.0 Å². The van der Waals surface area contributed by atoms with E-state index >= 15 is 0 Å². The first-order chi connectivity index (χ1) is 19.3. The fraction of sp³-hybridized carbons (Fsp3) is 0.429. The van der Waals surface area contributed by atoms with Gasteiger partial charge in [0.05, 0.1) is 29.4 Å². The summed E-state index contributed by atoms with van der Waals surface area (Å²) < 4.78 is 32.9. The van der Waals surface area contributed by atoms with Crippen molar-refractivity contribution in [2.24, 2.45) is 16.9 Å². The van der Waals surface area contributed by atoms with Crippen LogP contribution in [0.1, 0.15) is 75.6 Å². The van der Waals surface area contributed by atoms with E-state index in [0.717, 1.165) is 36.8 Å². The van der Waals surface area contributed by atoms with E-state index in [9.17, 15) is 8.42 Å². The number of sulfone groups is 1. The number of nitrogens with two attached hydrogens (primary N) is 2. The predicted molar refractivity (Wildman–Crippen MR) is 170 cm³/mol. The molecule has 41 heavy (non-hydrogen) atoms. The molecule has 0 aromatic heterocycles. The van der Waals surface area contributed by atoms with E-state index in [2.05, 4.69) is 32.1 Å². The van der Waals surface area contributed by atoms with E-state index in [0.29, 0.717) is 17.9 Å². The molecule has 5 nitrogen and oxygen atoms in total. The fourth-order valence-electron chi connectivity index (χ4n) is 5.83. The summed E-state index contributed by atoms with van der Waals surface area (Å²) in [6.07, 6.45) is 6.85. The van der Waals surface area contributed by atoms with Crippen LogP contribution < -0.4 is 11.5 Å². The lowest BCUT2D eigenvalue weighted by molar-refractivity contribution is 0.00876. The minimum atomic E-state index is -3.54. The third-order valence-electron chi connectivity index (χ3n) is 8.28. The molecule has 1 aliphatic carbocycles. The maximum absolute atomic E-state index is 13.4. The second-order valence-corrected chi connectivity index (χ2v) is 15.0. The summed E-state index contributed by atoms with van der Waals surface area (Å²) in [6.45, 7) is 8.46. The normalized spacial score (nSPS) is 17.5. The lowest BCUT2D eigenvalue weighted by Crippen LogP contribution is -2.57. The summed E-state index contributed by atoms with van der Waals surface area (Å²) in [5, 5.41) is 0. The molecule has 0 amide bonds. The Labute approximate surface area is 246 Å². The van der Waals surface area contributed by atoms with Crippen molar-refractivity contribution >= 4 is 21.5 Å². The predicted octanol–water partition coefficient (Wildman–Crippen LogP) is 6.75. The quantitative estimate of drug-likeness (QED) is 0.247. The van der Waals surface area contributed by atoms with Crippen LogP contribution in [0.2, 0.25) is 0 Å². The van der Waals surface area contributed by atoms with Crippen LogP contribution in [0, 0.1) is 5.41 Å². The van der Waals surface area contributed by atoms with Gasteiger partial charge >= 0.3 is 0 Å². The maximum Gasteiger partial charge on any atom is 0.180 e. The molecule has 0 bridgehead atoms. The van der Waals surface area contributed by atoms with Gasteiger partial charge < -0.3 is 16.2 Å². The molecule has 0 heterocycles. The zero-order valence-electron chi connectivity index (χ0n) is 25.0. The number of benzene rings is 3. The Balaban J connectivity index is 1.48. The van der Waals surface area contributed by atoms with Gasteiger partial charge in [-0.15, -0.1) is 0 Å². The van der Waals surface area contributed by atoms with Crippen LogP contribution in [0.4, 0.5) is 0 Å².